The van der Waals surface area contributed by atoms with E-state index in [1.807, 2.05) is 0 Å². The molecule has 2 aliphatic carbocycles. The first-order valence-electron chi connectivity index (χ1n) is 11.5. The van der Waals surface area contributed by atoms with E-state index in [4.69, 9.17) is 4.74 Å². The fourth-order valence-electron chi connectivity index (χ4n) is 4.21. The lowest BCUT2D eigenvalue weighted by molar-refractivity contribution is -0.113. The maximum absolute atomic E-state index is 13.2. The number of sulfonamides is 1. The topological polar surface area (TPSA) is 106 Å². The Labute approximate surface area is 198 Å². The summed E-state index contributed by atoms with van der Waals surface area (Å²) in [7, 11) is -2.25. The standard InChI is InChI=1S/C22H29N5O4S2/c1-31-18-10-7-16(13-19(18)33(29,30)26-11-3-2-4-12-26)23-20(28)14-32-22-25-24-21(15-5-6-15)27(22)17-8-9-17/h7,10,13,15,17H,2-6,8-9,11-12,14H2,1H3,(H,23,28). The Hall–Kier alpha value is -2.11. The van der Waals surface area contributed by atoms with Gasteiger partial charge in [-0.1, -0.05) is 18.2 Å². The molecule has 0 spiro atoms. The highest BCUT2D eigenvalue weighted by Crippen LogP contribution is 2.46. The van der Waals surface area contributed by atoms with Crippen molar-refractivity contribution in [3.05, 3.63) is 24.0 Å². The van der Waals surface area contributed by atoms with Crippen molar-refractivity contribution >= 4 is 33.4 Å². The van der Waals surface area contributed by atoms with Crippen molar-refractivity contribution in [2.75, 3.05) is 31.3 Å². The number of ether oxygens (including phenoxy) is 1. The van der Waals surface area contributed by atoms with Crippen LogP contribution in [0.1, 0.15) is 62.7 Å². The minimum Gasteiger partial charge on any atom is -0.495 e. The summed E-state index contributed by atoms with van der Waals surface area (Å²) in [6.45, 7) is 1.01. The van der Waals surface area contributed by atoms with Gasteiger partial charge in [0.1, 0.15) is 16.5 Å². The van der Waals surface area contributed by atoms with Gasteiger partial charge in [0.25, 0.3) is 0 Å². The second-order valence-electron chi connectivity index (χ2n) is 8.88. The van der Waals surface area contributed by atoms with Gasteiger partial charge in [0.15, 0.2) is 5.16 Å². The number of hydrogen-bond donors (Lipinski definition) is 1. The van der Waals surface area contributed by atoms with Gasteiger partial charge in [0.2, 0.25) is 15.9 Å². The number of thioether (sulfide) groups is 1. The second kappa shape index (κ2) is 9.27. The van der Waals surface area contributed by atoms with E-state index >= 15 is 0 Å². The van der Waals surface area contributed by atoms with Crippen LogP contribution in [0.15, 0.2) is 28.3 Å². The van der Waals surface area contributed by atoms with Crippen molar-refractivity contribution < 1.29 is 17.9 Å². The van der Waals surface area contributed by atoms with E-state index in [9.17, 15) is 13.2 Å². The van der Waals surface area contributed by atoms with Crippen molar-refractivity contribution in [3.63, 3.8) is 0 Å². The van der Waals surface area contributed by atoms with Gasteiger partial charge < -0.3 is 14.6 Å². The molecule has 0 bridgehead atoms. The average molecular weight is 492 g/mol. The summed E-state index contributed by atoms with van der Waals surface area (Å²) < 4.78 is 35.4. The van der Waals surface area contributed by atoms with E-state index < -0.39 is 10.0 Å². The van der Waals surface area contributed by atoms with E-state index in [0.717, 1.165) is 55.9 Å². The highest BCUT2D eigenvalue weighted by molar-refractivity contribution is 7.99. The fourth-order valence-corrected chi connectivity index (χ4v) is 6.72. The van der Waals surface area contributed by atoms with Crippen LogP contribution in [0.3, 0.4) is 0 Å². The molecule has 3 aliphatic rings. The minimum atomic E-state index is -3.70. The van der Waals surface area contributed by atoms with Crippen LogP contribution in [0.5, 0.6) is 5.75 Å². The van der Waals surface area contributed by atoms with Crippen molar-refractivity contribution in [1.82, 2.24) is 19.1 Å². The summed E-state index contributed by atoms with van der Waals surface area (Å²) in [6.07, 6.45) is 7.33. The highest BCUT2D eigenvalue weighted by Gasteiger charge is 2.36. The van der Waals surface area contributed by atoms with Gasteiger partial charge in [-0.25, -0.2) is 8.42 Å². The lowest BCUT2D eigenvalue weighted by Gasteiger charge is -2.26. The number of piperidine rings is 1. The Morgan fingerprint density at radius 2 is 1.91 bits per heavy atom. The molecule has 9 nitrogen and oxygen atoms in total. The molecule has 5 rings (SSSR count). The fraction of sp³-hybridized carbons (Fsp3) is 0.591. The third-order valence-corrected chi connectivity index (χ3v) is 9.12. The molecule has 3 fully saturated rings. The molecule has 33 heavy (non-hydrogen) atoms. The summed E-state index contributed by atoms with van der Waals surface area (Å²) in [4.78, 5) is 12.8. The first-order valence-corrected chi connectivity index (χ1v) is 14.0. The predicted molar refractivity (Wildman–Crippen MR) is 125 cm³/mol. The number of hydrogen-bond acceptors (Lipinski definition) is 7. The number of nitrogens with one attached hydrogen (secondary N) is 1. The molecule has 2 heterocycles. The summed E-state index contributed by atoms with van der Waals surface area (Å²) in [6, 6.07) is 5.20. The summed E-state index contributed by atoms with van der Waals surface area (Å²) in [5.41, 5.74) is 0.430. The maximum atomic E-state index is 13.2. The Kier molecular flexibility index (Phi) is 6.37. The van der Waals surface area contributed by atoms with E-state index in [-0.39, 0.29) is 22.3 Å². The molecule has 1 aromatic carbocycles. The SMILES string of the molecule is COc1ccc(NC(=O)CSc2nnc(C3CC3)n2C2CC2)cc1S(=O)(=O)N1CCCCC1. The molecule has 1 amide bonds. The minimum absolute atomic E-state index is 0.0832. The number of benzene rings is 1. The molecule has 178 valence electrons. The summed E-state index contributed by atoms with van der Waals surface area (Å²) in [5, 5.41) is 12.3. The second-order valence-corrected chi connectivity index (χ2v) is 11.7. The van der Waals surface area contributed by atoms with Gasteiger partial charge in [-0.15, -0.1) is 10.2 Å². The first-order chi connectivity index (χ1) is 16.0. The molecule has 11 heteroatoms. The van der Waals surface area contributed by atoms with Crippen molar-refractivity contribution in [3.8, 4) is 5.75 Å². The molecule has 0 radical (unpaired) electrons. The summed E-state index contributed by atoms with van der Waals surface area (Å²) in [5.74, 6) is 1.81. The van der Waals surface area contributed by atoms with Crippen molar-refractivity contribution in [2.45, 2.75) is 67.0 Å². The predicted octanol–water partition coefficient (Wildman–Crippen LogP) is 3.40. The number of amides is 1. The Morgan fingerprint density at radius 1 is 1.15 bits per heavy atom. The number of rotatable bonds is 9. The zero-order valence-corrected chi connectivity index (χ0v) is 20.3. The molecule has 1 N–H and O–H groups in total. The molecular weight excluding hydrogens is 462 g/mol. The van der Waals surface area contributed by atoms with E-state index in [2.05, 4.69) is 20.1 Å². The van der Waals surface area contributed by atoms with Gasteiger partial charge in [-0.3, -0.25) is 4.79 Å². The lowest BCUT2D eigenvalue weighted by Crippen LogP contribution is -2.35. The number of methoxy groups -OCH3 is 1. The van der Waals surface area contributed by atoms with Crippen LogP contribution in [-0.4, -0.2) is 59.3 Å². The largest absolute Gasteiger partial charge is 0.495 e. The highest BCUT2D eigenvalue weighted by atomic mass is 32.2. The third-order valence-electron chi connectivity index (χ3n) is 6.26. The molecule has 0 atom stereocenters. The van der Waals surface area contributed by atoms with Crippen LogP contribution in [0, 0.1) is 0 Å². The monoisotopic (exact) mass is 491 g/mol. The van der Waals surface area contributed by atoms with E-state index in [0.29, 0.717) is 30.7 Å². The van der Waals surface area contributed by atoms with Crippen molar-refractivity contribution in [1.29, 1.82) is 0 Å². The number of nitrogens with zero attached hydrogens (tertiary/aromatic N) is 4. The molecule has 2 aromatic rings. The smallest absolute Gasteiger partial charge is 0.246 e. The quantitative estimate of drug-likeness (QED) is 0.536. The van der Waals surface area contributed by atoms with Crippen LogP contribution < -0.4 is 10.1 Å². The maximum Gasteiger partial charge on any atom is 0.246 e. The van der Waals surface area contributed by atoms with Gasteiger partial charge in [-0.05, 0) is 56.7 Å². The molecule has 1 aromatic heterocycles. The van der Waals surface area contributed by atoms with Gasteiger partial charge in [0, 0.05) is 30.7 Å². The third kappa shape index (κ3) is 4.90. The zero-order chi connectivity index (χ0) is 23.0. The Bertz CT molecular complexity index is 1140. The normalized spacial score (nSPS) is 19.4. The number of carbonyl (C=O) groups is 1. The van der Waals surface area contributed by atoms with Gasteiger partial charge in [0.05, 0.1) is 12.9 Å². The lowest BCUT2D eigenvalue weighted by atomic mass is 10.2. The van der Waals surface area contributed by atoms with Crippen LogP contribution in [0.2, 0.25) is 0 Å². The first kappa shape index (κ1) is 22.7. The average Bonchev–Trinajstić information content (AvgIpc) is 3.77. The molecule has 1 saturated heterocycles. The molecular formula is C22H29N5O4S2. The van der Waals surface area contributed by atoms with Crippen LogP contribution in [0.4, 0.5) is 5.69 Å². The van der Waals surface area contributed by atoms with E-state index in [1.54, 1.807) is 12.1 Å². The van der Waals surface area contributed by atoms with Crippen LogP contribution in [0.25, 0.3) is 0 Å². The Morgan fingerprint density at radius 3 is 2.58 bits per heavy atom. The number of anilines is 1. The molecule has 0 unspecified atom stereocenters. The Balaban J connectivity index is 1.28. The molecule has 1 aliphatic heterocycles. The van der Waals surface area contributed by atoms with Gasteiger partial charge >= 0.3 is 0 Å². The number of carbonyl (C=O) groups excluding carboxylic acids is 1. The number of aromatic nitrogens is 3. The van der Waals surface area contributed by atoms with E-state index in [1.165, 1.54) is 29.2 Å². The van der Waals surface area contributed by atoms with Crippen molar-refractivity contribution in [2.24, 2.45) is 0 Å². The van der Waals surface area contributed by atoms with Gasteiger partial charge in [-0.2, -0.15) is 4.31 Å². The molecule has 2 saturated carbocycles. The van der Waals surface area contributed by atoms with Crippen LogP contribution >= 0.6 is 11.8 Å². The van der Waals surface area contributed by atoms with Crippen LogP contribution in [-0.2, 0) is 14.8 Å². The zero-order valence-electron chi connectivity index (χ0n) is 18.7. The summed E-state index contributed by atoms with van der Waals surface area (Å²) >= 11 is 1.38.